The van der Waals surface area contributed by atoms with Crippen LogP contribution in [0.5, 0.6) is 0 Å². The molecule has 3 aromatic rings. The number of alkyl halides is 3. The molecule has 3 heterocycles. The average molecular weight is 416 g/mol. The monoisotopic (exact) mass is 416 g/mol. The van der Waals surface area contributed by atoms with Crippen molar-refractivity contribution in [2.24, 2.45) is 0 Å². The van der Waals surface area contributed by atoms with Gasteiger partial charge in [-0.1, -0.05) is 12.1 Å². The van der Waals surface area contributed by atoms with Crippen molar-refractivity contribution >= 4 is 23.1 Å². The third kappa shape index (κ3) is 4.04. The van der Waals surface area contributed by atoms with Gasteiger partial charge in [0.25, 0.3) is 0 Å². The molecule has 1 aliphatic rings. The van der Waals surface area contributed by atoms with Crippen molar-refractivity contribution < 1.29 is 13.2 Å². The number of nitrogen functional groups attached to an aromatic ring is 2. The SMILES string of the molecule is Nc1ncc(N2CCN(c3cccc(-c4cnc(C(F)(F)F)nc4)c3)CC2)c(N)n1. The summed E-state index contributed by atoms with van der Waals surface area (Å²) >= 11 is 0. The minimum atomic E-state index is -4.56. The molecule has 0 unspecified atom stereocenters. The molecule has 11 heteroatoms. The van der Waals surface area contributed by atoms with E-state index in [0.717, 1.165) is 30.0 Å². The van der Waals surface area contributed by atoms with Crippen molar-refractivity contribution in [1.29, 1.82) is 0 Å². The normalized spacial score (nSPS) is 14.8. The molecule has 0 bridgehead atoms. The molecule has 4 N–H and O–H groups in total. The van der Waals surface area contributed by atoms with Gasteiger partial charge in [-0.15, -0.1) is 0 Å². The molecule has 1 fully saturated rings. The molecule has 8 nitrogen and oxygen atoms in total. The number of nitrogens with two attached hydrogens (primary N) is 2. The Balaban J connectivity index is 1.47. The first-order valence-corrected chi connectivity index (χ1v) is 9.19. The smallest absolute Gasteiger partial charge is 0.382 e. The number of benzene rings is 1. The van der Waals surface area contributed by atoms with E-state index in [2.05, 4.69) is 29.7 Å². The molecule has 0 amide bonds. The van der Waals surface area contributed by atoms with Crippen molar-refractivity contribution in [3.8, 4) is 11.1 Å². The third-order valence-corrected chi connectivity index (χ3v) is 4.89. The Morgan fingerprint density at radius 2 is 1.50 bits per heavy atom. The molecular weight excluding hydrogens is 397 g/mol. The fraction of sp³-hybridized carbons (Fsp3) is 0.263. The summed E-state index contributed by atoms with van der Waals surface area (Å²) in [5.74, 6) is -0.663. The van der Waals surface area contributed by atoms with Crippen LogP contribution in [0.25, 0.3) is 11.1 Å². The molecule has 1 saturated heterocycles. The van der Waals surface area contributed by atoms with Gasteiger partial charge in [0, 0.05) is 49.8 Å². The van der Waals surface area contributed by atoms with Gasteiger partial charge in [-0.2, -0.15) is 18.2 Å². The number of hydrogen-bond donors (Lipinski definition) is 2. The van der Waals surface area contributed by atoms with Crippen LogP contribution < -0.4 is 21.3 Å². The van der Waals surface area contributed by atoms with E-state index in [0.29, 0.717) is 24.5 Å². The lowest BCUT2D eigenvalue weighted by molar-refractivity contribution is -0.144. The van der Waals surface area contributed by atoms with Gasteiger partial charge in [-0.05, 0) is 17.7 Å². The Morgan fingerprint density at radius 1 is 0.833 bits per heavy atom. The third-order valence-electron chi connectivity index (χ3n) is 4.89. The molecule has 0 radical (unpaired) electrons. The second-order valence-electron chi connectivity index (χ2n) is 6.82. The lowest BCUT2D eigenvalue weighted by Crippen LogP contribution is -2.46. The summed E-state index contributed by atoms with van der Waals surface area (Å²) < 4.78 is 38.0. The standard InChI is InChI=1S/C19H19F3N8/c20-19(21,22)17-25-9-13(10-26-17)12-2-1-3-14(8-12)29-4-6-30(7-5-29)15-11-27-18(24)28-16(15)23/h1-3,8-11H,4-7H2,(H4,23,24,27,28). The quantitative estimate of drug-likeness (QED) is 0.670. The van der Waals surface area contributed by atoms with E-state index in [1.807, 2.05) is 24.3 Å². The van der Waals surface area contributed by atoms with Crippen molar-refractivity contribution in [3.63, 3.8) is 0 Å². The Kier molecular flexibility index (Phi) is 5.02. The zero-order chi connectivity index (χ0) is 21.3. The Morgan fingerprint density at radius 3 is 2.13 bits per heavy atom. The van der Waals surface area contributed by atoms with Crippen molar-refractivity contribution in [1.82, 2.24) is 19.9 Å². The maximum Gasteiger partial charge on any atom is 0.451 e. The average Bonchev–Trinajstić information content (AvgIpc) is 2.74. The summed E-state index contributed by atoms with van der Waals surface area (Å²) in [5, 5.41) is 0. The second-order valence-corrected chi connectivity index (χ2v) is 6.82. The molecule has 2 aromatic heterocycles. The summed E-state index contributed by atoms with van der Waals surface area (Å²) in [6.45, 7) is 2.89. The predicted octanol–water partition coefficient (Wildman–Crippen LogP) is 2.44. The van der Waals surface area contributed by atoms with Gasteiger partial charge in [0.15, 0.2) is 5.82 Å². The molecule has 1 aromatic carbocycles. The number of nitrogens with zero attached hydrogens (tertiary/aromatic N) is 6. The van der Waals surface area contributed by atoms with Crippen LogP contribution in [0.15, 0.2) is 42.9 Å². The Labute approximate surface area is 170 Å². The van der Waals surface area contributed by atoms with Gasteiger partial charge in [-0.25, -0.2) is 15.0 Å². The van der Waals surface area contributed by atoms with Gasteiger partial charge in [0.05, 0.1) is 11.9 Å². The van der Waals surface area contributed by atoms with E-state index in [4.69, 9.17) is 11.5 Å². The van der Waals surface area contributed by atoms with Crippen LogP contribution in [0, 0.1) is 0 Å². The summed E-state index contributed by atoms with van der Waals surface area (Å²) in [6, 6.07) is 7.56. The highest BCUT2D eigenvalue weighted by Crippen LogP contribution is 2.29. The molecule has 4 rings (SSSR count). The van der Waals surface area contributed by atoms with Crippen LogP contribution in [0.1, 0.15) is 5.82 Å². The van der Waals surface area contributed by atoms with Gasteiger partial charge in [0.2, 0.25) is 11.8 Å². The van der Waals surface area contributed by atoms with E-state index in [1.165, 1.54) is 12.4 Å². The van der Waals surface area contributed by atoms with E-state index >= 15 is 0 Å². The van der Waals surface area contributed by atoms with Gasteiger partial charge >= 0.3 is 6.18 Å². The maximum absolute atomic E-state index is 12.7. The van der Waals surface area contributed by atoms with Crippen LogP contribution in [0.4, 0.5) is 36.3 Å². The van der Waals surface area contributed by atoms with E-state index in [1.54, 1.807) is 6.20 Å². The van der Waals surface area contributed by atoms with Crippen LogP contribution in [-0.2, 0) is 6.18 Å². The largest absolute Gasteiger partial charge is 0.451 e. The molecule has 0 spiro atoms. The summed E-state index contributed by atoms with van der Waals surface area (Å²) in [5.41, 5.74) is 14.5. The van der Waals surface area contributed by atoms with Gasteiger partial charge in [0.1, 0.15) is 0 Å². The predicted molar refractivity (Wildman–Crippen MR) is 108 cm³/mol. The number of hydrogen-bond acceptors (Lipinski definition) is 8. The lowest BCUT2D eigenvalue weighted by atomic mass is 10.1. The highest BCUT2D eigenvalue weighted by molar-refractivity contribution is 5.68. The topological polar surface area (TPSA) is 110 Å². The highest BCUT2D eigenvalue weighted by atomic mass is 19.4. The number of rotatable bonds is 3. The van der Waals surface area contributed by atoms with Gasteiger partial charge < -0.3 is 21.3 Å². The molecule has 30 heavy (non-hydrogen) atoms. The van der Waals surface area contributed by atoms with Crippen LogP contribution in [0.2, 0.25) is 0 Å². The number of piperazine rings is 1. The van der Waals surface area contributed by atoms with Crippen molar-refractivity contribution in [2.75, 3.05) is 47.4 Å². The number of halogens is 3. The van der Waals surface area contributed by atoms with Crippen LogP contribution in [0.3, 0.4) is 0 Å². The summed E-state index contributed by atoms with van der Waals surface area (Å²) in [4.78, 5) is 19.2. The second kappa shape index (κ2) is 7.65. The fourth-order valence-corrected chi connectivity index (χ4v) is 3.36. The highest BCUT2D eigenvalue weighted by Gasteiger charge is 2.34. The van der Waals surface area contributed by atoms with E-state index < -0.39 is 12.0 Å². The first-order chi connectivity index (χ1) is 14.3. The fourth-order valence-electron chi connectivity index (χ4n) is 3.36. The first-order valence-electron chi connectivity index (χ1n) is 9.19. The minimum absolute atomic E-state index is 0.138. The summed E-state index contributed by atoms with van der Waals surface area (Å²) in [6.07, 6.45) is -0.551. The number of anilines is 4. The number of aromatic nitrogens is 4. The van der Waals surface area contributed by atoms with E-state index in [9.17, 15) is 13.2 Å². The van der Waals surface area contributed by atoms with Crippen LogP contribution >= 0.6 is 0 Å². The Bertz CT molecular complexity index is 1030. The zero-order valence-corrected chi connectivity index (χ0v) is 15.8. The molecule has 0 aliphatic carbocycles. The molecule has 1 aliphatic heterocycles. The first kappa shape index (κ1) is 19.7. The Hall–Kier alpha value is -3.63. The molecule has 0 saturated carbocycles. The molecule has 156 valence electrons. The minimum Gasteiger partial charge on any atom is -0.382 e. The maximum atomic E-state index is 12.7. The van der Waals surface area contributed by atoms with Gasteiger partial charge in [-0.3, -0.25) is 0 Å². The lowest BCUT2D eigenvalue weighted by Gasteiger charge is -2.37. The van der Waals surface area contributed by atoms with Crippen molar-refractivity contribution in [3.05, 3.63) is 48.7 Å². The van der Waals surface area contributed by atoms with Crippen molar-refractivity contribution in [2.45, 2.75) is 6.18 Å². The van der Waals surface area contributed by atoms with Crippen LogP contribution in [-0.4, -0.2) is 46.1 Å². The molecular formula is C19H19F3N8. The zero-order valence-electron chi connectivity index (χ0n) is 15.8. The molecule has 0 atom stereocenters. The summed E-state index contributed by atoms with van der Waals surface area (Å²) in [7, 11) is 0. The van der Waals surface area contributed by atoms with E-state index in [-0.39, 0.29) is 5.95 Å².